The second-order valence-electron chi connectivity index (χ2n) is 3.35. The van der Waals surface area contributed by atoms with Crippen LogP contribution < -0.4 is 0 Å². The average molecular weight is 248 g/mol. The minimum Gasteiger partial charge on any atom is -0.370 e. The van der Waals surface area contributed by atoms with Gasteiger partial charge in [0.05, 0.1) is 13.2 Å². The van der Waals surface area contributed by atoms with Crippen LogP contribution in [0.5, 0.6) is 0 Å². The lowest BCUT2D eigenvalue weighted by molar-refractivity contribution is 0.211. The first-order valence-electron chi connectivity index (χ1n) is 5.12. The summed E-state index contributed by atoms with van der Waals surface area (Å²) in [5.41, 5.74) is 1.18. The van der Waals surface area contributed by atoms with E-state index in [0.29, 0.717) is 24.6 Å². The zero-order valence-corrected chi connectivity index (χ0v) is 10.7. The fourth-order valence-electron chi connectivity index (χ4n) is 1.03. The molecular formula is C10H20N2OS2. The standard InChI is InChI=1S/C10H20N2OS2/c11-9(3-1-5-14)7-13-8-10(12)4-2-6-15/h11-12,14-15H,1-8H2. The van der Waals surface area contributed by atoms with Crippen LogP contribution in [0.3, 0.4) is 0 Å². The maximum absolute atomic E-state index is 7.53. The topological polar surface area (TPSA) is 56.9 Å². The second-order valence-corrected chi connectivity index (χ2v) is 4.25. The van der Waals surface area contributed by atoms with E-state index in [1.807, 2.05) is 0 Å². The third-order valence-electron chi connectivity index (χ3n) is 1.83. The second kappa shape index (κ2) is 10.5. The highest BCUT2D eigenvalue weighted by Crippen LogP contribution is 1.97. The van der Waals surface area contributed by atoms with Gasteiger partial charge in [-0.25, -0.2) is 0 Å². The molecular weight excluding hydrogens is 228 g/mol. The van der Waals surface area contributed by atoms with E-state index in [0.717, 1.165) is 37.2 Å². The first-order chi connectivity index (χ1) is 7.20. The highest BCUT2D eigenvalue weighted by molar-refractivity contribution is 7.80. The summed E-state index contributed by atoms with van der Waals surface area (Å²) in [7, 11) is 0. The van der Waals surface area contributed by atoms with Gasteiger partial charge >= 0.3 is 0 Å². The molecule has 0 amide bonds. The summed E-state index contributed by atoms with van der Waals surface area (Å²) in [6.45, 7) is 0.689. The summed E-state index contributed by atoms with van der Waals surface area (Å²) in [5.74, 6) is 1.61. The molecule has 0 aliphatic rings. The third kappa shape index (κ3) is 10.3. The van der Waals surface area contributed by atoms with E-state index in [-0.39, 0.29) is 0 Å². The Morgan fingerprint density at radius 3 is 1.60 bits per heavy atom. The van der Waals surface area contributed by atoms with Gasteiger partial charge in [0.1, 0.15) is 0 Å². The SMILES string of the molecule is N=C(CCCS)COCC(=N)CCCS. The Labute approximate surface area is 103 Å². The molecule has 0 saturated heterocycles. The molecule has 0 rings (SSSR count). The van der Waals surface area contributed by atoms with Gasteiger partial charge in [0.2, 0.25) is 0 Å². The lowest BCUT2D eigenvalue weighted by Crippen LogP contribution is -2.14. The minimum atomic E-state index is 0.344. The molecule has 0 unspecified atom stereocenters. The van der Waals surface area contributed by atoms with Crippen LogP contribution >= 0.6 is 25.3 Å². The van der Waals surface area contributed by atoms with Crippen molar-refractivity contribution in [2.24, 2.45) is 0 Å². The molecule has 0 heterocycles. The molecule has 5 heteroatoms. The summed E-state index contributed by atoms with van der Waals surface area (Å²) in [6.07, 6.45) is 3.33. The Bertz CT molecular complexity index is 178. The molecule has 15 heavy (non-hydrogen) atoms. The summed E-state index contributed by atoms with van der Waals surface area (Å²) in [4.78, 5) is 0. The highest BCUT2D eigenvalue weighted by Gasteiger charge is 2.00. The van der Waals surface area contributed by atoms with Crippen LogP contribution in [0.25, 0.3) is 0 Å². The summed E-state index contributed by atoms with van der Waals surface area (Å²) in [6, 6.07) is 0. The van der Waals surface area contributed by atoms with Gasteiger partial charge in [0.25, 0.3) is 0 Å². The predicted octanol–water partition coefficient (Wildman–Crippen LogP) is 2.46. The van der Waals surface area contributed by atoms with Crippen LogP contribution in [0.15, 0.2) is 0 Å². The lowest BCUT2D eigenvalue weighted by Gasteiger charge is -2.06. The van der Waals surface area contributed by atoms with E-state index in [1.54, 1.807) is 0 Å². The normalized spacial score (nSPS) is 10.3. The molecule has 0 radical (unpaired) electrons. The fourth-order valence-corrected chi connectivity index (χ4v) is 1.34. The third-order valence-corrected chi connectivity index (χ3v) is 2.46. The molecule has 0 aromatic heterocycles. The van der Waals surface area contributed by atoms with E-state index < -0.39 is 0 Å². The van der Waals surface area contributed by atoms with E-state index in [2.05, 4.69) is 25.3 Å². The quantitative estimate of drug-likeness (QED) is 0.348. The van der Waals surface area contributed by atoms with Crippen molar-refractivity contribution in [3.05, 3.63) is 0 Å². The zero-order valence-electron chi connectivity index (χ0n) is 8.96. The van der Waals surface area contributed by atoms with Crippen molar-refractivity contribution < 1.29 is 4.74 Å². The lowest BCUT2D eigenvalue weighted by atomic mass is 10.2. The van der Waals surface area contributed by atoms with Crippen molar-refractivity contribution in [1.29, 1.82) is 10.8 Å². The number of ether oxygens (including phenoxy) is 1. The number of thiol groups is 2. The molecule has 0 bridgehead atoms. The van der Waals surface area contributed by atoms with Gasteiger partial charge in [-0.2, -0.15) is 25.3 Å². The van der Waals surface area contributed by atoms with E-state index >= 15 is 0 Å². The Morgan fingerprint density at radius 2 is 1.27 bits per heavy atom. The van der Waals surface area contributed by atoms with Crippen LogP contribution in [0.1, 0.15) is 25.7 Å². The van der Waals surface area contributed by atoms with Gasteiger partial charge in [0.15, 0.2) is 0 Å². The monoisotopic (exact) mass is 248 g/mol. The van der Waals surface area contributed by atoms with Gasteiger partial charge in [-0.3, -0.25) is 0 Å². The average Bonchev–Trinajstić information content (AvgIpc) is 2.23. The first kappa shape index (κ1) is 15.0. The van der Waals surface area contributed by atoms with E-state index in [9.17, 15) is 0 Å². The number of nitrogens with one attached hydrogen (secondary N) is 2. The van der Waals surface area contributed by atoms with Gasteiger partial charge in [-0.05, 0) is 37.2 Å². The molecule has 0 atom stereocenters. The minimum absolute atomic E-state index is 0.344. The van der Waals surface area contributed by atoms with Crippen molar-refractivity contribution >= 4 is 36.7 Å². The van der Waals surface area contributed by atoms with Crippen molar-refractivity contribution in [2.45, 2.75) is 25.7 Å². The maximum atomic E-state index is 7.53. The van der Waals surface area contributed by atoms with Crippen LogP contribution in [0, 0.1) is 10.8 Å². The first-order valence-corrected chi connectivity index (χ1v) is 6.39. The predicted molar refractivity (Wildman–Crippen MR) is 72.4 cm³/mol. The van der Waals surface area contributed by atoms with E-state index in [1.165, 1.54) is 0 Å². The van der Waals surface area contributed by atoms with Crippen LogP contribution in [-0.4, -0.2) is 36.1 Å². The van der Waals surface area contributed by atoms with Crippen LogP contribution in [0.4, 0.5) is 0 Å². The van der Waals surface area contributed by atoms with Crippen LogP contribution in [0.2, 0.25) is 0 Å². The molecule has 0 aromatic rings. The largest absolute Gasteiger partial charge is 0.370 e. The summed E-state index contributed by atoms with van der Waals surface area (Å²) < 4.78 is 5.25. The fraction of sp³-hybridized carbons (Fsp3) is 0.800. The Balaban J connectivity index is 3.36. The van der Waals surface area contributed by atoms with Crippen molar-refractivity contribution in [1.82, 2.24) is 0 Å². The molecule has 0 aliphatic heterocycles. The van der Waals surface area contributed by atoms with Gasteiger partial charge in [-0.15, -0.1) is 0 Å². The van der Waals surface area contributed by atoms with Gasteiger partial charge in [-0.1, -0.05) is 0 Å². The molecule has 0 spiro atoms. The molecule has 88 valence electrons. The molecule has 0 fully saturated rings. The highest BCUT2D eigenvalue weighted by atomic mass is 32.1. The number of hydrogen-bond acceptors (Lipinski definition) is 5. The van der Waals surface area contributed by atoms with Crippen molar-refractivity contribution in [2.75, 3.05) is 24.7 Å². The Hall–Kier alpha value is -0.000000000000000111. The summed E-state index contributed by atoms with van der Waals surface area (Å²) in [5, 5.41) is 15.1. The summed E-state index contributed by atoms with van der Waals surface area (Å²) >= 11 is 8.16. The Kier molecular flexibility index (Phi) is 10.5. The number of rotatable bonds is 10. The number of hydrogen-bond donors (Lipinski definition) is 4. The molecule has 0 aliphatic carbocycles. The maximum Gasteiger partial charge on any atom is 0.0846 e. The van der Waals surface area contributed by atoms with Gasteiger partial charge < -0.3 is 15.6 Å². The smallest absolute Gasteiger partial charge is 0.0846 e. The molecule has 0 aromatic carbocycles. The molecule has 3 nitrogen and oxygen atoms in total. The van der Waals surface area contributed by atoms with Crippen molar-refractivity contribution in [3.63, 3.8) is 0 Å². The Morgan fingerprint density at radius 1 is 0.867 bits per heavy atom. The molecule has 2 N–H and O–H groups in total. The zero-order chi connectivity index (χ0) is 11.5. The van der Waals surface area contributed by atoms with Crippen molar-refractivity contribution in [3.8, 4) is 0 Å². The van der Waals surface area contributed by atoms with Gasteiger partial charge in [0, 0.05) is 11.4 Å². The van der Waals surface area contributed by atoms with E-state index in [4.69, 9.17) is 15.6 Å². The van der Waals surface area contributed by atoms with Crippen LogP contribution in [-0.2, 0) is 4.74 Å². The molecule has 0 saturated carbocycles.